The van der Waals surface area contributed by atoms with Gasteiger partial charge in [-0.15, -0.1) is 0 Å². The summed E-state index contributed by atoms with van der Waals surface area (Å²) in [4.78, 5) is 35.4. The van der Waals surface area contributed by atoms with Gasteiger partial charge in [0.1, 0.15) is 10.6 Å². The highest BCUT2D eigenvalue weighted by Gasteiger charge is 2.37. The van der Waals surface area contributed by atoms with Crippen molar-refractivity contribution in [1.29, 1.82) is 0 Å². The summed E-state index contributed by atoms with van der Waals surface area (Å²) in [5, 5.41) is -0.914. The Morgan fingerprint density at radius 1 is 1.21 bits per heavy atom. The van der Waals surface area contributed by atoms with Gasteiger partial charge in [0.2, 0.25) is 15.9 Å². The number of hydrogen-bond donors (Lipinski definition) is 1. The number of rotatable bonds is 5. The number of amides is 1. The minimum absolute atomic E-state index is 0. The molecular formula is C17H19ClF4N4O6S. The van der Waals surface area contributed by atoms with Crippen LogP contribution in [-0.4, -0.2) is 46.3 Å². The van der Waals surface area contributed by atoms with Crippen LogP contribution in [-0.2, 0) is 23.2 Å². The molecule has 16 heteroatoms. The van der Waals surface area contributed by atoms with Gasteiger partial charge in [-0.1, -0.05) is 11.6 Å². The van der Waals surface area contributed by atoms with E-state index in [0.29, 0.717) is 17.4 Å². The molecule has 0 bridgehead atoms. The molecule has 0 spiro atoms. The molecular weight excluding hydrogens is 500 g/mol. The van der Waals surface area contributed by atoms with E-state index in [1.807, 2.05) is 0 Å². The van der Waals surface area contributed by atoms with Crippen LogP contribution in [0.1, 0.15) is 29.9 Å². The summed E-state index contributed by atoms with van der Waals surface area (Å²) in [6.45, 7) is 2.89. The standard InChI is InChI=1S/C17H17ClF4N4O5S.H2O/c1-7(2)25(4)32(30,31)14-12(18)8(15(23)28)5-9(13(14)19)26-11(27)6-10(17(20,21)22)24(3)16(26)29;/h5-7H,1-4H3,(H2,23,28);1H2. The lowest BCUT2D eigenvalue weighted by Crippen LogP contribution is -2.41. The van der Waals surface area contributed by atoms with Gasteiger partial charge in [-0.3, -0.25) is 14.2 Å². The average Bonchev–Trinajstić information content (AvgIpc) is 2.64. The van der Waals surface area contributed by atoms with Crippen LogP contribution in [0.5, 0.6) is 0 Å². The number of carbonyl (C=O) groups is 1. The second-order valence-electron chi connectivity index (χ2n) is 6.92. The molecule has 0 atom stereocenters. The lowest BCUT2D eigenvalue weighted by Gasteiger charge is -2.23. The van der Waals surface area contributed by atoms with Gasteiger partial charge in [0.05, 0.1) is 16.3 Å². The van der Waals surface area contributed by atoms with Gasteiger partial charge in [0, 0.05) is 26.2 Å². The number of nitrogens with two attached hydrogens (primary N) is 1. The summed E-state index contributed by atoms with van der Waals surface area (Å²) in [6.07, 6.45) is -5.09. The van der Waals surface area contributed by atoms with Crippen molar-refractivity contribution in [3.8, 4) is 5.69 Å². The van der Waals surface area contributed by atoms with Crippen molar-refractivity contribution in [3.05, 3.63) is 55.1 Å². The first-order chi connectivity index (χ1) is 14.4. The zero-order valence-electron chi connectivity index (χ0n) is 17.5. The molecule has 0 aliphatic carbocycles. The van der Waals surface area contributed by atoms with Crippen LogP contribution in [0.25, 0.3) is 5.69 Å². The van der Waals surface area contributed by atoms with Gasteiger partial charge < -0.3 is 11.2 Å². The molecule has 0 aliphatic heterocycles. The van der Waals surface area contributed by atoms with Crippen molar-refractivity contribution in [2.24, 2.45) is 12.8 Å². The summed E-state index contributed by atoms with van der Waals surface area (Å²) in [7, 11) is -2.99. The molecule has 10 nitrogen and oxygen atoms in total. The largest absolute Gasteiger partial charge is 0.431 e. The van der Waals surface area contributed by atoms with Crippen LogP contribution >= 0.6 is 11.6 Å². The van der Waals surface area contributed by atoms with Crippen LogP contribution in [0.3, 0.4) is 0 Å². The van der Waals surface area contributed by atoms with Crippen molar-refractivity contribution >= 4 is 27.5 Å². The first kappa shape index (κ1) is 28.3. The van der Waals surface area contributed by atoms with Gasteiger partial charge in [0.15, 0.2) is 5.82 Å². The molecule has 1 aromatic heterocycles. The average molecular weight is 519 g/mol. The highest BCUT2D eigenvalue weighted by molar-refractivity contribution is 7.89. The van der Waals surface area contributed by atoms with Gasteiger partial charge in [-0.25, -0.2) is 22.2 Å². The third kappa shape index (κ3) is 4.80. The fraction of sp³-hybridized carbons (Fsp3) is 0.353. The van der Waals surface area contributed by atoms with E-state index in [9.17, 15) is 36.0 Å². The number of nitrogens with zero attached hydrogens (tertiary/aromatic N) is 3. The van der Waals surface area contributed by atoms with Gasteiger partial charge in [-0.05, 0) is 19.9 Å². The molecule has 4 N–H and O–H groups in total. The maximum absolute atomic E-state index is 15.4. The SMILES string of the molecule is CC(C)N(C)S(=O)(=O)c1c(F)c(-n2c(=O)cc(C(F)(F)F)n(C)c2=O)cc(C(N)=O)c1Cl.O. The Morgan fingerprint density at radius 2 is 1.73 bits per heavy atom. The minimum atomic E-state index is -5.09. The first-order valence-electron chi connectivity index (χ1n) is 8.65. The van der Waals surface area contributed by atoms with Crippen molar-refractivity contribution in [3.63, 3.8) is 0 Å². The molecule has 0 saturated heterocycles. The van der Waals surface area contributed by atoms with E-state index in [4.69, 9.17) is 17.3 Å². The Balaban J connectivity index is 0.00000544. The molecule has 2 aromatic rings. The predicted octanol–water partition coefficient (Wildman–Crippen LogP) is 0.651. The Hall–Kier alpha value is -2.75. The van der Waals surface area contributed by atoms with Gasteiger partial charge in [0.25, 0.3) is 5.56 Å². The normalized spacial score (nSPS) is 12.2. The van der Waals surface area contributed by atoms with Crippen LogP contribution < -0.4 is 17.0 Å². The number of primary amides is 1. The summed E-state index contributed by atoms with van der Waals surface area (Å²) in [6, 6.07) is -0.170. The molecule has 0 radical (unpaired) electrons. The molecule has 1 amide bonds. The zero-order chi connectivity index (χ0) is 24.9. The molecule has 184 valence electrons. The van der Waals surface area contributed by atoms with Crippen molar-refractivity contribution < 1.29 is 36.3 Å². The third-order valence-electron chi connectivity index (χ3n) is 4.62. The lowest BCUT2D eigenvalue weighted by atomic mass is 10.1. The molecule has 2 rings (SSSR count). The topological polar surface area (TPSA) is 156 Å². The molecule has 1 heterocycles. The summed E-state index contributed by atoms with van der Waals surface area (Å²) >= 11 is 5.93. The van der Waals surface area contributed by atoms with Crippen LogP contribution in [0, 0.1) is 5.82 Å². The van der Waals surface area contributed by atoms with E-state index in [-0.39, 0.29) is 20.7 Å². The Bertz CT molecular complexity index is 1330. The molecule has 0 aliphatic rings. The molecule has 0 saturated carbocycles. The van der Waals surface area contributed by atoms with E-state index in [1.165, 1.54) is 13.8 Å². The quantitative estimate of drug-likeness (QED) is 0.575. The second-order valence-corrected chi connectivity index (χ2v) is 9.23. The van der Waals surface area contributed by atoms with Gasteiger partial charge >= 0.3 is 11.9 Å². The van der Waals surface area contributed by atoms with Crippen molar-refractivity contribution in [1.82, 2.24) is 13.4 Å². The number of benzene rings is 1. The van der Waals surface area contributed by atoms with E-state index < -0.39 is 72.1 Å². The van der Waals surface area contributed by atoms with Crippen LogP contribution in [0.4, 0.5) is 17.6 Å². The lowest BCUT2D eigenvalue weighted by molar-refractivity contribution is -0.144. The fourth-order valence-electron chi connectivity index (χ4n) is 2.71. The summed E-state index contributed by atoms with van der Waals surface area (Å²) in [5.41, 5.74) is -1.61. The van der Waals surface area contributed by atoms with E-state index in [1.54, 1.807) is 0 Å². The number of sulfonamides is 1. The molecule has 1 aromatic carbocycles. The highest BCUT2D eigenvalue weighted by Crippen LogP contribution is 2.34. The van der Waals surface area contributed by atoms with Crippen LogP contribution in [0.15, 0.2) is 26.6 Å². The predicted molar refractivity (Wildman–Crippen MR) is 109 cm³/mol. The number of alkyl halides is 3. The first-order valence-corrected chi connectivity index (χ1v) is 10.5. The minimum Gasteiger partial charge on any atom is -0.412 e. The van der Waals surface area contributed by atoms with Crippen molar-refractivity contribution in [2.75, 3.05) is 7.05 Å². The molecule has 33 heavy (non-hydrogen) atoms. The Labute approximate surface area is 189 Å². The Morgan fingerprint density at radius 3 is 2.15 bits per heavy atom. The number of hydrogen-bond acceptors (Lipinski definition) is 5. The van der Waals surface area contributed by atoms with Crippen LogP contribution in [0.2, 0.25) is 5.02 Å². The summed E-state index contributed by atoms with van der Waals surface area (Å²) < 4.78 is 81.2. The van der Waals surface area contributed by atoms with Gasteiger partial charge in [-0.2, -0.15) is 17.5 Å². The maximum Gasteiger partial charge on any atom is 0.431 e. The second kappa shape index (κ2) is 9.24. The number of aromatic nitrogens is 2. The Kier molecular flexibility index (Phi) is 7.92. The van der Waals surface area contributed by atoms with E-state index in [2.05, 4.69) is 0 Å². The smallest absolute Gasteiger partial charge is 0.412 e. The molecule has 0 fully saturated rings. The zero-order valence-corrected chi connectivity index (χ0v) is 19.1. The number of halogens is 5. The maximum atomic E-state index is 15.4. The fourth-order valence-corrected chi connectivity index (χ4v) is 4.74. The van der Waals surface area contributed by atoms with E-state index in [0.717, 1.165) is 7.05 Å². The molecule has 0 unspecified atom stereocenters. The summed E-state index contributed by atoms with van der Waals surface area (Å²) in [5.74, 6) is -3.07. The van der Waals surface area contributed by atoms with Crippen molar-refractivity contribution in [2.45, 2.75) is 31.0 Å². The number of carbonyl (C=O) groups excluding carboxylic acids is 1. The highest BCUT2D eigenvalue weighted by atomic mass is 35.5. The monoisotopic (exact) mass is 518 g/mol. The van der Waals surface area contributed by atoms with E-state index >= 15 is 4.39 Å². The third-order valence-corrected chi connectivity index (χ3v) is 7.21.